The van der Waals surface area contributed by atoms with Gasteiger partial charge in [0.25, 0.3) is 11.5 Å². The molecule has 1 N–H and O–H groups in total. The lowest BCUT2D eigenvalue weighted by molar-refractivity contribution is 0.102. The third kappa shape index (κ3) is 3.90. The molecule has 0 fully saturated rings. The highest BCUT2D eigenvalue weighted by molar-refractivity contribution is 9.10. The number of carbonyl (C=O) groups excluding carboxylic acids is 1. The van der Waals surface area contributed by atoms with Crippen LogP contribution in [0.25, 0.3) is 11.1 Å². The molecule has 0 bridgehead atoms. The zero-order chi connectivity index (χ0) is 21.5. The smallest absolute Gasteiger partial charge is 0.321 e. The molecule has 0 aliphatic rings. The SMILES string of the molecule is Cc1c(NC(=O)c2cn(C)c(=O)n(C)c2=O)cc(F)cc1-c1cccc(Br)c1Cl. The molecule has 0 atom stereocenters. The van der Waals surface area contributed by atoms with E-state index in [2.05, 4.69) is 21.2 Å². The second kappa shape index (κ2) is 7.96. The van der Waals surface area contributed by atoms with Crippen molar-refractivity contribution < 1.29 is 9.18 Å². The Balaban J connectivity index is 2.09. The van der Waals surface area contributed by atoms with Crippen molar-refractivity contribution in [1.82, 2.24) is 9.13 Å². The van der Waals surface area contributed by atoms with Gasteiger partial charge in [-0.1, -0.05) is 23.7 Å². The molecule has 1 heterocycles. The Morgan fingerprint density at radius 2 is 1.86 bits per heavy atom. The number of aryl methyl sites for hydroxylation is 1. The van der Waals surface area contributed by atoms with E-state index in [9.17, 15) is 18.8 Å². The predicted octanol–water partition coefficient (Wildman–Crippen LogP) is 3.87. The van der Waals surface area contributed by atoms with Crippen LogP contribution in [-0.2, 0) is 14.1 Å². The van der Waals surface area contributed by atoms with Gasteiger partial charge in [0.1, 0.15) is 11.4 Å². The second-order valence-corrected chi connectivity index (χ2v) is 7.71. The van der Waals surface area contributed by atoms with Gasteiger partial charge in [0.05, 0.1) is 5.02 Å². The fraction of sp³-hybridized carbons (Fsp3) is 0.150. The van der Waals surface area contributed by atoms with Crippen LogP contribution in [0.4, 0.5) is 10.1 Å². The van der Waals surface area contributed by atoms with Gasteiger partial charge in [0, 0.05) is 36.0 Å². The lowest BCUT2D eigenvalue weighted by atomic mass is 9.98. The van der Waals surface area contributed by atoms with Crippen LogP contribution in [0.1, 0.15) is 15.9 Å². The minimum absolute atomic E-state index is 0.192. The zero-order valence-electron chi connectivity index (χ0n) is 15.7. The summed E-state index contributed by atoms with van der Waals surface area (Å²) in [6, 6.07) is 7.75. The summed E-state index contributed by atoms with van der Waals surface area (Å²) in [4.78, 5) is 36.8. The topological polar surface area (TPSA) is 73.1 Å². The van der Waals surface area contributed by atoms with E-state index < -0.39 is 23.0 Å². The van der Waals surface area contributed by atoms with Crippen molar-refractivity contribution >= 4 is 39.1 Å². The number of amides is 1. The van der Waals surface area contributed by atoms with Crippen LogP contribution in [-0.4, -0.2) is 15.0 Å². The largest absolute Gasteiger partial charge is 0.330 e. The van der Waals surface area contributed by atoms with Gasteiger partial charge >= 0.3 is 5.69 Å². The summed E-state index contributed by atoms with van der Waals surface area (Å²) in [5.41, 5.74) is 0.320. The highest BCUT2D eigenvalue weighted by Gasteiger charge is 2.18. The molecule has 0 spiro atoms. The van der Waals surface area contributed by atoms with Crippen molar-refractivity contribution in [2.45, 2.75) is 6.92 Å². The molecule has 150 valence electrons. The van der Waals surface area contributed by atoms with Gasteiger partial charge in [-0.25, -0.2) is 9.18 Å². The Labute approximate surface area is 178 Å². The molecular weight excluding hydrogens is 465 g/mol. The van der Waals surface area contributed by atoms with Crippen LogP contribution >= 0.6 is 27.5 Å². The summed E-state index contributed by atoms with van der Waals surface area (Å²) in [5, 5.41) is 2.97. The van der Waals surface area contributed by atoms with E-state index in [4.69, 9.17) is 11.6 Å². The summed E-state index contributed by atoms with van der Waals surface area (Å²) in [6.07, 6.45) is 1.15. The van der Waals surface area contributed by atoms with Gasteiger partial charge in [0.15, 0.2) is 0 Å². The van der Waals surface area contributed by atoms with Crippen LogP contribution in [0.2, 0.25) is 5.02 Å². The number of carbonyl (C=O) groups is 1. The fourth-order valence-electron chi connectivity index (χ4n) is 2.95. The number of aromatic nitrogens is 2. The maximum Gasteiger partial charge on any atom is 0.330 e. The first-order valence-corrected chi connectivity index (χ1v) is 9.61. The minimum atomic E-state index is -0.749. The summed E-state index contributed by atoms with van der Waals surface area (Å²) >= 11 is 9.69. The van der Waals surface area contributed by atoms with Gasteiger partial charge in [-0.3, -0.25) is 14.2 Å². The monoisotopic (exact) mass is 479 g/mol. The highest BCUT2D eigenvalue weighted by Crippen LogP contribution is 2.37. The third-order valence-electron chi connectivity index (χ3n) is 4.55. The van der Waals surface area contributed by atoms with Crippen LogP contribution < -0.4 is 16.6 Å². The molecule has 0 saturated heterocycles. The molecule has 1 amide bonds. The van der Waals surface area contributed by atoms with E-state index in [1.165, 1.54) is 20.2 Å². The van der Waals surface area contributed by atoms with Gasteiger partial charge < -0.3 is 9.88 Å². The Morgan fingerprint density at radius 1 is 1.17 bits per heavy atom. The van der Waals surface area contributed by atoms with Gasteiger partial charge in [-0.15, -0.1) is 0 Å². The summed E-state index contributed by atoms with van der Waals surface area (Å²) < 4.78 is 16.9. The maximum absolute atomic E-state index is 14.3. The third-order valence-corrected chi connectivity index (χ3v) is 5.85. The number of halogens is 3. The lowest BCUT2D eigenvalue weighted by Crippen LogP contribution is -2.40. The van der Waals surface area contributed by atoms with Crippen molar-refractivity contribution in [2.75, 3.05) is 5.32 Å². The first-order valence-electron chi connectivity index (χ1n) is 8.44. The predicted molar refractivity (Wildman–Crippen MR) is 114 cm³/mol. The van der Waals surface area contributed by atoms with Gasteiger partial charge in [0.2, 0.25) is 0 Å². The molecule has 6 nitrogen and oxygen atoms in total. The average molecular weight is 481 g/mol. The summed E-state index contributed by atoms with van der Waals surface area (Å²) in [6.45, 7) is 1.71. The van der Waals surface area contributed by atoms with Crippen LogP contribution in [0.3, 0.4) is 0 Å². The van der Waals surface area contributed by atoms with Crippen molar-refractivity contribution in [3.8, 4) is 11.1 Å². The summed E-state index contributed by atoms with van der Waals surface area (Å²) in [5.74, 6) is -1.33. The van der Waals surface area contributed by atoms with Crippen molar-refractivity contribution in [3.05, 3.63) is 83.8 Å². The quantitative estimate of drug-likeness (QED) is 0.619. The highest BCUT2D eigenvalue weighted by atomic mass is 79.9. The fourth-order valence-corrected chi connectivity index (χ4v) is 3.55. The molecule has 29 heavy (non-hydrogen) atoms. The number of rotatable bonds is 3. The standard InChI is InChI=1S/C20H16BrClFN3O3/c1-10-13(12-5-4-6-15(21)17(12)22)7-11(23)8-16(10)24-18(27)14-9-25(2)20(29)26(3)19(14)28/h4-9H,1-3H3,(H,24,27). The Hall–Kier alpha value is -2.71. The molecule has 2 aromatic carbocycles. The Kier molecular flexibility index (Phi) is 5.77. The number of anilines is 1. The first-order chi connectivity index (χ1) is 13.6. The van der Waals surface area contributed by atoms with Crippen molar-refractivity contribution in [3.63, 3.8) is 0 Å². The molecule has 1 aromatic heterocycles. The molecule has 0 saturated carbocycles. The number of hydrogen-bond donors (Lipinski definition) is 1. The Morgan fingerprint density at radius 3 is 2.55 bits per heavy atom. The summed E-state index contributed by atoms with van der Waals surface area (Å²) in [7, 11) is 2.71. The molecule has 9 heteroatoms. The number of nitrogens with one attached hydrogen (secondary N) is 1. The molecule has 3 aromatic rings. The number of nitrogens with zero attached hydrogens (tertiary/aromatic N) is 2. The molecule has 0 unspecified atom stereocenters. The zero-order valence-corrected chi connectivity index (χ0v) is 18.1. The van der Waals surface area contributed by atoms with Crippen LogP contribution in [0.5, 0.6) is 0 Å². The Bertz CT molecular complexity index is 1270. The van der Waals surface area contributed by atoms with Crippen molar-refractivity contribution in [2.24, 2.45) is 14.1 Å². The van der Waals surface area contributed by atoms with Gasteiger partial charge in [-0.05, 0) is 52.2 Å². The minimum Gasteiger partial charge on any atom is -0.321 e. The van der Waals surface area contributed by atoms with E-state index >= 15 is 0 Å². The molecule has 3 rings (SSSR count). The molecule has 0 aliphatic carbocycles. The number of benzene rings is 2. The van der Waals surface area contributed by atoms with E-state index in [-0.39, 0.29) is 11.3 Å². The number of hydrogen-bond acceptors (Lipinski definition) is 3. The normalized spacial score (nSPS) is 10.8. The molecule has 0 radical (unpaired) electrons. The maximum atomic E-state index is 14.3. The van der Waals surface area contributed by atoms with Crippen LogP contribution in [0.15, 0.2) is 50.6 Å². The van der Waals surface area contributed by atoms with Crippen molar-refractivity contribution in [1.29, 1.82) is 0 Å². The van der Waals surface area contributed by atoms with E-state index in [0.29, 0.717) is 26.2 Å². The van der Waals surface area contributed by atoms with E-state index in [1.54, 1.807) is 25.1 Å². The van der Waals surface area contributed by atoms with Gasteiger partial charge in [-0.2, -0.15) is 0 Å². The van der Waals surface area contributed by atoms with E-state index in [0.717, 1.165) is 21.4 Å². The molecule has 0 aliphatic heterocycles. The van der Waals surface area contributed by atoms with E-state index in [1.807, 2.05) is 0 Å². The molecular formula is C20H16BrClFN3O3. The van der Waals surface area contributed by atoms with Crippen LogP contribution in [0, 0.1) is 12.7 Å². The average Bonchev–Trinajstić information content (AvgIpc) is 2.67. The second-order valence-electron chi connectivity index (χ2n) is 6.48. The first kappa shape index (κ1) is 21.0. The lowest BCUT2D eigenvalue weighted by Gasteiger charge is -2.15.